The Morgan fingerprint density at radius 1 is 1.06 bits per heavy atom. The molecular formula is C13H20N2O3. The van der Waals surface area contributed by atoms with Gasteiger partial charge in [-0.2, -0.15) is 0 Å². The SMILES string of the molecule is CC(C)=C[C@@H]1CNC(=O)C1.O=C[C@@H]1CNC(=O)C1. The summed E-state index contributed by atoms with van der Waals surface area (Å²) in [5.74, 6) is 0.546. The van der Waals surface area contributed by atoms with Gasteiger partial charge < -0.3 is 15.4 Å². The molecule has 18 heavy (non-hydrogen) atoms. The molecule has 100 valence electrons. The lowest BCUT2D eigenvalue weighted by Crippen LogP contribution is -2.13. The second kappa shape index (κ2) is 6.93. The van der Waals surface area contributed by atoms with Gasteiger partial charge in [0, 0.05) is 37.8 Å². The van der Waals surface area contributed by atoms with Crippen LogP contribution in [0.25, 0.3) is 0 Å². The highest BCUT2D eigenvalue weighted by Gasteiger charge is 2.19. The average Bonchev–Trinajstić information content (AvgIpc) is 2.88. The smallest absolute Gasteiger partial charge is 0.220 e. The Bertz CT molecular complexity index is 359. The number of allylic oxidation sites excluding steroid dienone is 1. The van der Waals surface area contributed by atoms with Crippen molar-refractivity contribution in [1.82, 2.24) is 10.6 Å². The van der Waals surface area contributed by atoms with Crippen molar-refractivity contribution in [2.75, 3.05) is 13.1 Å². The zero-order valence-electron chi connectivity index (χ0n) is 10.9. The average molecular weight is 252 g/mol. The minimum Gasteiger partial charge on any atom is -0.355 e. The molecule has 0 spiro atoms. The monoisotopic (exact) mass is 252 g/mol. The number of rotatable bonds is 2. The molecule has 2 heterocycles. The van der Waals surface area contributed by atoms with Crippen molar-refractivity contribution in [2.45, 2.75) is 26.7 Å². The van der Waals surface area contributed by atoms with Gasteiger partial charge in [0.15, 0.2) is 0 Å². The zero-order chi connectivity index (χ0) is 13.5. The van der Waals surface area contributed by atoms with Crippen LogP contribution in [0.2, 0.25) is 0 Å². The van der Waals surface area contributed by atoms with Crippen LogP contribution in [0.3, 0.4) is 0 Å². The molecule has 0 aromatic heterocycles. The predicted octanol–water partition coefficient (Wildman–Crippen LogP) is 0.410. The fourth-order valence-corrected chi connectivity index (χ4v) is 1.94. The second-order valence-corrected chi connectivity index (χ2v) is 4.92. The molecule has 0 saturated carbocycles. The summed E-state index contributed by atoms with van der Waals surface area (Å²) in [5, 5.41) is 5.34. The lowest BCUT2D eigenvalue weighted by Gasteiger charge is -1.98. The molecule has 2 aliphatic heterocycles. The molecule has 5 nitrogen and oxygen atoms in total. The molecule has 2 aliphatic rings. The van der Waals surface area contributed by atoms with E-state index >= 15 is 0 Å². The van der Waals surface area contributed by atoms with Gasteiger partial charge in [-0.25, -0.2) is 0 Å². The minimum absolute atomic E-state index is 0.0119. The fraction of sp³-hybridized carbons (Fsp3) is 0.615. The van der Waals surface area contributed by atoms with E-state index in [1.54, 1.807) is 0 Å². The predicted molar refractivity (Wildman–Crippen MR) is 67.7 cm³/mol. The van der Waals surface area contributed by atoms with E-state index < -0.39 is 0 Å². The first-order valence-corrected chi connectivity index (χ1v) is 6.15. The fourth-order valence-electron chi connectivity index (χ4n) is 1.94. The first kappa shape index (κ1) is 14.4. The van der Waals surface area contributed by atoms with Crippen LogP contribution in [0.1, 0.15) is 26.7 Å². The van der Waals surface area contributed by atoms with E-state index in [1.807, 2.05) is 0 Å². The highest BCUT2D eigenvalue weighted by atomic mass is 16.2. The number of hydrogen-bond donors (Lipinski definition) is 2. The number of nitrogens with one attached hydrogen (secondary N) is 2. The first-order chi connectivity index (χ1) is 8.51. The molecule has 0 aliphatic carbocycles. The summed E-state index contributed by atoms with van der Waals surface area (Å²) in [7, 11) is 0. The zero-order valence-corrected chi connectivity index (χ0v) is 10.9. The normalized spacial score (nSPS) is 25.7. The van der Waals surface area contributed by atoms with E-state index in [9.17, 15) is 14.4 Å². The summed E-state index contributed by atoms with van der Waals surface area (Å²) in [6.45, 7) is 5.47. The van der Waals surface area contributed by atoms with E-state index in [1.165, 1.54) is 5.57 Å². The van der Waals surface area contributed by atoms with Gasteiger partial charge in [0.05, 0.1) is 0 Å². The maximum absolute atomic E-state index is 10.7. The van der Waals surface area contributed by atoms with Crippen LogP contribution in [0.15, 0.2) is 11.6 Å². The Kier molecular flexibility index (Phi) is 5.55. The van der Waals surface area contributed by atoms with Gasteiger partial charge in [-0.05, 0) is 13.8 Å². The van der Waals surface area contributed by atoms with E-state index in [-0.39, 0.29) is 17.7 Å². The number of carbonyl (C=O) groups is 3. The van der Waals surface area contributed by atoms with Crippen molar-refractivity contribution in [2.24, 2.45) is 11.8 Å². The molecule has 0 aromatic carbocycles. The third-order valence-electron chi connectivity index (χ3n) is 2.78. The molecule has 0 aromatic rings. The molecule has 0 unspecified atom stereocenters. The van der Waals surface area contributed by atoms with E-state index in [0.717, 1.165) is 12.8 Å². The molecule has 2 rings (SSSR count). The van der Waals surface area contributed by atoms with Crippen molar-refractivity contribution in [3.63, 3.8) is 0 Å². The largest absolute Gasteiger partial charge is 0.355 e. The molecular weight excluding hydrogens is 232 g/mol. The number of carbonyl (C=O) groups excluding carboxylic acids is 3. The first-order valence-electron chi connectivity index (χ1n) is 6.15. The standard InChI is InChI=1S/C8H13NO.C5H7NO2/c1-6(2)3-7-4-8(10)9-5-7;7-3-4-1-5(8)6-2-4/h3,7H,4-5H2,1-2H3,(H,9,10);3-4H,1-2H2,(H,6,8)/t7-;4-/m00/s1. The Morgan fingerprint density at radius 3 is 1.83 bits per heavy atom. The molecule has 0 bridgehead atoms. The van der Waals surface area contributed by atoms with Crippen molar-refractivity contribution >= 4 is 18.1 Å². The van der Waals surface area contributed by atoms with Crippen LogP contribution < -0.4 is 10.6 Å². The minimum atomic E-state index is -0.0671. The quantitative estimate of drug-likeness (QED) is 0.552. The third kappa shape index (κ3) is 5.12. The third-order valence-corrected chi connectivity index (χ3v) is 2.78. The second-order valence-electron chi connectivity index (χ2n) is 4.92. The van der Waals surface area contributed by atoms with Gasteiger partial charge >= 0.3 is 0 Å². The van der Waals surface area contributed by atoms with Crippen LogP contribution in [-0.2, 0) is 14.4 Å². The van der Waals surface area contributed by atoms with Crippen LogP contribution in [-0.4, -0.2) is 31.2 Å². The summed E-state index contributed by atoms with van der Waals surface area (Å²) in [4.78, 5) is 31.0. The number of aldehydes is 1. The summed E-state index contributed by atoms with van der Waals surface area (Å²) in [6.07, 6.45) is 4.02. The van der Waals surface area contributed by atoms with Crippen LogP contribution in [0.5, 0.6) is 0 Å². The maximum atomic E-state index is 10.7. The van der Waals surface area contributed by atoms with Crippen molar-refractivity contribution < 1.29 is 14.4 Å². The van der Waals surface area contributed by atoms with Crippen LogP contribution in [0.4, 0.5) is 0 Å². The van der Waals surface area contributed by atoms with Gasteiger partial charge in [-0.1, -0.05) is 11.6 Å². The summed E-state index contributed by atoms with van der Waals surface area (Å²) >= 11 is 0. The van der Waals surface area contributed by atoms with Gasteiger partial charge in [-0.15, -0.1) is 0 Å². The molecule has 2 saturated heterocycles. The highest BCUT2D eigenvalue weighted by molar-refractivity contribution is 5.82. The van der Waals surface area contributed by atoms with Gasteiger partial charge in [-0.3, -0.25) is 9.59 Å². The summed E-state index contributed by atoms with van der Waals surface area (Å²) in [6, 6.07) is 0. The number of hydrogen-bond acceptors (Lipinski definition) is 3. The van der Waals surface area contributed by atoms with E-state index in [2.05, 4.69) is 30.6 Å². The molecule has 2 amide bonds. The molecule has 2 atom stereocenters. The van der Waals surface area contributed by atoms with Gasteiger partial charge in [0.1, 0.15) is 6.29 Å². The van der Waals surface area contributed by atoms with Crippen molar-refractivity contribution in [1.29, 1.82) is 0 Å². The Balaban J connectivity index is 0.000000184. The lowest BCUT2D eigenvalue weighted by molar-refractivity contribution is -0.120. The topological polar surface area (TPSA) is 75.3 Å². The highest BCUT2D eigenvalue weighted by Crippen LogP contribution is 2.11. The van der Waals surface area contributed by atoms with E-state index in [0.29, 0.717) is 25.3 Å². The van der Waals surface area contributed by atoms with Gasteiger partial charge in [0.25, 0.3) is 0 Å². The molecule has 0 radical (unpaired) electrons. The van der Waals surface area contributed by atoms with E-state index in [4.69, 9.17) is 0 Å². The molecule has 2 fully saturated rings. The van der Waals surface area contributed by atoms with Crippen molar-refractivity contribution in [3.8, 4) is 0 Å². The lowest BCUT2D eigenvalue weighted by atomic mass is 10.1. The Hall–Kier alpha value is -1.65. The Labute approximate surface area is 107 Å². The van der Waals surface area contributed by atoms with Gasteiger partial charge in [0.2, 0.25) is 11.8 Å². The Morgan fingerprint density at radius 2 is 1.56 bits per heavy atom. The van der Waals surface area contributed by atoms with Crippen LogP contribution >= 0.6 is 0 Å². The molecule has 5 heteroatoms. The molecule has 2 N–H and O–H groups in total. The van der Waals surface area contributed by atoms with Crippen molar-refractivity contribution in [3.05, 3.63) is 11.6 Å². The van der Waals surface area contributed by atoms with Crippen LogP contribution in [0, 0.1) is 11.8 Å². The summed E-state index contributed by atoms with van der Waals surface area (Å²) in [5.41, 5.74) is 1.29. The number of amides is 2. The maximum Gasteiger partial charge on any atom is 0.220 e. The summed E-state index contributed by atoms with van der Waals surface area (Å²) < 4.78 is 0.